The molecule has 1 amide bonds. The monoisotopic (exact) mass is 358 g/mol. The number of anilines is 1. The fourth-order valence-corrected chi connectivity index (χ4v) is 3.73. The number of benzene rings is 1. The third kappa shape index (κ3) is 4.37. The smallest absolute Gasteiger partial charge is 0.243 e. The van der Waals surface area contributed by atoms with Gasteiger partial charge in [0.15, 0.2) is 0 Å². The van der Waals surface area contributed by atoms with Gasteiger partial charge in [0.25, 0.3) is 0 Å². The first kappa shape index (κ1) is 17.9. The summed E-state index contributed by atoms with van der Waals surface area (Å²) in [5.41, 5.74) is 1.20. The molecule has 1 aliphatic rings. The minimum absolute atomic E-state index is 0.110. The Kier molecular flexibility index (Phi) is 5.68. The molecule has 0 unspecified atom stereocenters. The van der Waals surface area contributed by atoms with Crippen LogP contribution in [0, 0.1) is 5.92 Å². The summed E-state index contributed by atoms with van der Waals surface area (Å²) in [6, 6.07) is 10.3. The van der Waals surface area contributed by atoms with Crippen LogP contribution in [0.4, 0.5) is 5.13 Å². The van der Waals surface area contributed by atoms with Gasteiger partial charge in [-0.15, -0.1) is 0 Å². The highest BCUT2D eigenvalue weighted by Gasteiger charge is 2.33. The lowest BCUT2D eigenvalue weighted by molar-refractivity contribution is -0.123. The molecule has 1 saturated heterocycles. The third-order valence-corrected chi connectivity index (χ3v) is 5.62. The highest BCUT2D eigenvalue weighted by molar-refractivity contribution is 7.09. The Labute approximate surface area is 153 Å². The van der Waals surface area contributed by atoms with Crippen molar-refractivity contribution in [2.24, 2.45) is 5.92 Å². The second-order valence-electron chi connectivity index (χ2n) is 7.05. The van der Waals surface area contributed by atoms with Crippen molar-refractivity contribution in [2.45, 2.75) is 52.1 Å². The summed E-state index contributed by atoms with van der Waals surface area (Å²) in [4.78, 5) is 19.5. The average molecular weight is 359 g/mol. The van der Waals surface area contributed by atoms with Crippen molar-refractivity contribution < 1.29 is 4.79 Å². The van der Waals surface area contributed by atoms with E-state index in [1.165, 1.54) is 17.1 Å². The first-order chi connectivity index (χ1) is 12.0. The standard InChI is InChI=1S/C19H26N4OS/c1-13(2)14(3)20-18(24)16-10-7-11-23(16)19-21-17(22-25-19)12-15-8-5-4-6-9-15/h4-6,8-9,13-14,16H,7,10-12H2,1-3H3,(H,20,24)/t14-,16-/m0/s1. The van der Waals surface area contributed by atoms with Crippen molar-refractivity contribution in [3.63, 3.8) is 0 Å². The summed E-state index contributed by atoms with van der Waals surface area (Å²) in [6.45, 7) is 7.18. The van der Waals surface area contributed by atoms with Gasteiger partial charge in [0, 0.05) is 30.5 Å². The van der Waals surface area contributed by atoms with E-state index in [1.54, 1.807) is 0 Å². The topological polar surface area (TPSA) is 58.1 Å². The number of hydrogen-bond acceptors (Lipinski definition) is 5. The molecular weight excluding hydrogens is 332 g/mol. The Hall–Kier alpha value is -1.95. The fraction of sp³-hybridized carbons (Fsp3) is 0.526. The van der Waals surface area contributed by atoms with Gasteiger partial charge in [-0.3, -0.25) is 4.79 Å². The molecule has 2 heterocycles. The largest absolute Gasteiger partial charge is 0.352 e. The van der Waals surface area contributed by atoms with Crippen LogP contribution >= 0.6 is 11.5 Å². The van der Waals surface area contributed by atoms with E-state index >= 15 is 0 Å². The number of hydrogen-bond donors (Lipinski definition) is 1. The Bertz CT molecular complexity index is 700. The number of nitrogens with zero attached hydrogens (tertiary/aromatic N) is 3. The number of carbonyl (C=O) groups excluding carboxylic acids is 1. The maximum absolute atomic E-state index is 12.6. The summed E-state index contributed by atoms with van der Waals surface area (Å²) in [5.74, 6) is 1.36. The number of nitrogens with one attached hydrogen (secondary N) is 1. The molecule has 25 heavy (non-hydrogen) atoms. The van der Waals surface area contributed by atoms with Gasteiger partial charge in [-0.1, -0.05) is 44.2 Å². The van der Waals surface area contributed by atoms with E-state index in [0.717, 1.165) is 36.8 Å². The van der Waals surface area contributed by atoms with Gasteiger partial charge >= 0.3 is 0 Å². The molecule has 1 N–H and O–H groups in total. The molecule has 1 aromatic heterocycles. The molecule has 0 saturated carbocycles. The number of amides is 1. The van der Waals surface area contributed by atoms with Crippen LogP contribution in [0.5, 0.6) is 0 Å². The van der Waals surface area contributed by atoms with Crippen molar-refractivity contribution in [2.75, 3.05) is 11.4 Å². The first-order valence-electron chi connectivity index (χ1n) is 8.98. The van der Waals surface area contributed by atoms with Crippen LogP contribution in [-0.2, 0) is 11.2 Å². The Morgan fingerprint density at radius 1 is 1.32 bits per heavy atom. The van der Waals surface area contributed by atoms with Crippen molar-refractivity contribution in [1.82, 2.24) is 14.7 Å². The molecule has 2 atom stereocenters. The van der Waals surface area contributed by atoms with Crippen molar-refractivity contribution in [3.05, 3.63) is 41.7 Å². The maximum Gasteiger partial charge on any atom is 0.243 e. The molecule has 1 fully saturated rings. The molecule has 3 rings (SSSR count). The molecule has 134 valence electrons. The summed E-state index contributed by atoms with van der Waals surface area (Å²) in [6.07, 6.45) is 2.62. The van der Waals surface area contributed by atoms with Gasteiger partial charge in [-0.25, -0.2) is 4.98 Å². The van der Waals surface area contributed by atoms with Crippen LogP contribution < -0.4 is 10.2 Å². The van der Waals surface area contributed by atoms with Gasteiger partial charge in [-0.05, 0) is 31.2 Å². The van der Waals surface area contributed by atoms with E-state index in [1.807, 2.05) is 18.2 Å². The van der Waals surface area contributed by atoms with Gasteiger partial charge in [-0.2, -0.15) is 4.37 Å². The normalized spacial score (nSPS) is 18.6. The van der Waals surface area contributed by atoms with E-state index < -0.39 is 0 Å². The molecule has 2 aromatic rings. The number of rotatable bonds is 6. The second-order valence-corrected chi connectivity index (χ2v) is 7.78. The molecule has 1 aliphatic heterocycles. The highest BCUT2D eigenvalue weighted by Crippen LogP contribution is 2.28. The Morgan fingerprint density at radius 3 is 2.80 bits per heavy atom. The molecule has 0 spiro atoms. The van der Waals surface area contributed by atoms with Crippen LogP contribution in [0.15, 0.2) is 30.3 Å². The first-order valence-corrected chi connectivity index (χ1v) is 9.75. The van der Waals surface area contributed by atoms with Gasteiger partial charge < -0.3 is 10.2 Å². The number of carbonyl (C=O) groups is 1. The lowest BCUT2D eigenvalue weighted by Crippen LogP contribution is -2.47. The summed E-state index contributed by atoms with van der Waals surface area (Å²) >= 11 is 1.40. The minimum atomic E-state index is -0.126. The van der Waals surface area contributed by atoms with Crippen LogP contribution in [-0.4, -0.2) is 33.9 Å². The van der Waals surface area contributed by atoms with E-state index in [9.17, 15) is 4.79 Å². The van der Waals surface area contributed by atoms with E-state index in [-0.39, 0.29) is 18.0 Å². The summed E-state index contributed by atoms with van der Waals surface area (Å²) in [7, 11) is 0. The van der Waals surface area contributed by atoms with Crippen LogP contribution in [0.3, 0.4) is 0 Å². The predicted molar refractivity (Wildman–Crippen MR) is 102 cm³/mol. The lowest BCUT2D eigenvalue weighted by atomic mass is 10.1. The van der Waals surface area contributed by atoms with E-state index in [4.69, 9.17) is 0 Å². The molecule has 0 radical (unpaired) electrons. The predicted octanol–water partition coefficient (Wildman–Crippen LogP) is 3.26. The van der Waals surface area contributed by atoms with Crippen molar-refractivity contribution in [1.29, 1.82) is 0 Å². The van der Waals surface area contributed by atoms with Gasteiger partial charge in [0.05, 0.1) is 0 Å². The number of aromatic nitrogens is 2. The quantitative estimate of drug-likeness (QED) is 0.861. The van der Waals surface area contributed by atoms with Gasteiger partial charge in [0.1, 0.15) is 11.9 Å². The zero-order valence-corrected chi connectivity index (χ0v) is 15.9. The Morgan fingerprint density at radius 2 is 2.08 bits per heavy atom. The van der Waals surface area contributed by atoms with Crippen LogP contribution in [0.2, 0.25) is 0 Å². The molecular formula is C19H26N4OS. The molecule has 5 nitrogen and oxygen atoms in total. The van der Waals surface area contributed by atoms with Gasteiger partial charge in [0.2, 0.25) is 11.0 Å². The van der Waals surface area contributed by atoms with Crippen molar-refractivity contribution >= 4 is 22.6 Å². The molecule has 6 heteroatoms. The van der Waals surface area contributed by atoms with Crippen molar-refractivity contribution in [3.8, 4) is 0 Å². The van der Waals surface area contributed by atoms with E-state index in [0.29, 0.717) is 5.92 Å². The molecule has 0 bridgehead atoms. The lowest BCUT2D eigenvalue weighted by Gasteiger charge is -2.25. The summed E-state index contributed by atoms with van der Waals surface area (Å²) in [5, 5.41) is 4.01. The zero-order valence-electron chi connectivity index (χ0n) is 15.1. The molecule has 1 aromatic carbocycles. The van der Waals surface area contributed by atoms with E-state index in [2.05, 4.69) is 52.5 Å². The SMILES string of the molecule is CC(C)[C@H](C)NC(=O)[C@@H]1CCCN1c1nc(Cc2ccccc2)ns1. The van der Waals surface area contributed by atoms with Crippen LogP contribution in [0.25, 0.3) is 0 Å². The van der Waals surface area contributed by atoms with Crippen LogP contribution in [0.1, 0.15) is 45.0 Å². The highest BCUT2D eigenvalue weighted by atomic mass is 32.1. The summed E-state index contributed by atoms with van der Waals surface area (Å²) < 4.78 is 4.50. The minimum Gasteiger partial charge on any atom is -0.352 e. The third-order valence-electron chi connectivity index (χ3n) is 4.83. The second kappa shape index (κ2) is 7.95. The fourth-order valence-electron chi connectivity index (χ4n) is 2.97. The Balaban J connectivity index is 1.67. The average Bonchev–Trinajstić information content (AvgIpc) is 3.24. The molecule has 0 aliphatic carbocycles. The zero-order chi connectivity index (χ0) is 17.8. The maximum atomic E-state index is 12.6.